The van der Waals surface area contributed by atoms with E-state index in [4.69, 9.17) is 9.47 Å². The molecule has 0 radical (unpaired) electrons. The molecule has 0 saturated carbocycles. The van der Waals surface area contributed by atoms with Crippen molar-refractivity contribution in [3.8, 4) is 34.3 Å². The zero-order valence-electron chi connectivity index (χ0n) is 17.8. The van der Waals surface area contributed by atoms with Crippen LogP contribution in [0.2, 0.25) is 0 Å². The average molecular weight is 437 g/mol. The van der Waals surface area contributed by atoms with Gasteiger partial charge < -0.3 is 14.0 Å². The van der Waals surface area contributed by atoms with Crippen molar-refractivity contribution >= 4 is 0 Å². The van der Waals surface area contributed by atoms with Crippen LogP contribution in [0.1, 0.15) is 23.2 Å². The Labute approximate surface area is 183 Å². The summed E-state index contributed by atoms with van der Waals surface area (Å²) in [5.41, 5.74) is 4.74. The molecular formula is C23H21F2N5O2. The normalized spacial score (nSPS) is 11.1. The largest absolute Gasteiger partial charge is 0.480 e. The van der Waals surface area contributed by atoms with Crippen molar-refractivity contribution in [1.82, 2.24) is 24.7 Å². The number of hydrogen-bond acceptors (Lipinski definition) is 6. The molecule has 32 heavy (non-hydrogen) atoms. The Hall–Kier alpha value is -3.88. The maximum Gasteiger partial charge on any atom is 0.319 e. The first kappa shape index (κ1) is 21.4. The Morgan fingerprint density at radius 1 is 1.00 bits per heavy atom. The quantitative estimate of drug-likeness (QED) is 0.417. The summed E-state index contributed by atoms with van der Waals surface area (Å²) in [5.74, 6) is 0.339. The van der Waals surface area contributed by atoms with E-state index < -0.39 is 6.43 Å². The maximum absolute atomic E-state index is 12.8. The second kappa shape index (κ2) is 9.09. The zero-order chi connectivity index (χ0) is 22.7. The topological polar surface area (TPSA) is 75.0 Å². The number of ether oxygens (including phenoxy) is 2. The molecular weight excluding hydrogens is 416 g/mol. The molecule has 7 nitrogen and oxygen atoms in total. The van der Waals surface area contributed by atoms with Crippen LogP contribution in [-0.2, 0) is 6.54 Å². The summed E-state index contributed by atoms with van der Waals surface area (Å²) >= 11 is 0. The first-order chi connectivity index (χ1) is 15.5. The lowest BCUT2D eigenvalue weighted by atomic mass is 10.1. The van der Waals surface area contributed by atoms with E-state index in [2.05, 4.69) is 20.2 Å². The van der Waals surface area contributed by atoms with Crippen LogP contribution in [0.3, 0.4) is 0 Å². The van der Waals surface area contributed by atoms with E-state index in [9.17, 15) is 8.78 Å². The van der Waals surface area contributed by atoms with Crippen LogP contribution < -0.4 is 9.47 Å². The molecule has 3 aromatic heterocycles. The summed E-state index contributed by atoms with van der Waals surface area (Å²) in [4.78, 5) is 8.35. The molecule has 9 heteroatoms. The average Bonchev–Trinajstić information content (AvgIpc) is 3.27. The van der Waals surface area contributed by atoms with E-state index >= 15 is 0 Å². The molecule has 4 rings (SSSR count). The molecule has 0 saturated heterocycles. The third-order valence-electron chi connectivity index (χ3n) is 5.02. The Morgan fingerprint density at radius 2 is 1.78 bits per heavy atom. The highest BCUT2D eigenvalue weighted by Crippen LogP contribution is 2.31. The monoisotopic (exact) mass is 437 g/mol. The third-order valence-corrected chi connectivity index (χ3v) is 5.02. The molecule has 164 valence electrons. The van der Waals surface area contributed by atoms with Gasteiger partial charge in [0.15, 0.2) is 0 Å². The predicted octanol–water partition coefficient (Wildman–Crippen LogP) is 4.71. The molecule has 0 N–H and O–H groups in total. The van der Waals surface area contributed by atoms with Crippen molar-refractivity contribution in [2.45, 2.75) is 19.9 Å². The van der Waals surface area contributed by atoms with Crippen molar-refractivity contribution in [1.29, 1.82) is 0 Å². The first-order valence-electron chi connectivity index (χ1n) is 9.81. The van der Waals surface area contributed by atoms with Crippen LogP contribution in [-0.4, -0.2) is 39.0 Å². The van der Waals surface area contributed by atoms with Crippen LogP contribution in [0.25, 0.3) is 22.4 Å². The van der Waals surface area contributed by atoms with Gasteiger partial charge in [-0.05, 0) is 24.6 Å². The molecule has 0 aliphatic carbocycles. The van der Waals surface area contributed by atoms with Crippen molar-refractivity contribution in [2.75, 3.05) is 14.2 Å². The number of nitrogens with zero attached hydrogens (tertiary/aromatic N) is 5. The Morgan fingerprint density at radius 3 is 2.47 bits per heavy atom. The van der Waals surface area contributed by atoms with Gasteiger partial charge in [0.25, 0.3) is 6.43 Å². The van der Waals surface area contributed by atoms with Crippen LogP contribution in [0.4, 0.5) is 8.78 Å². The van der Waals surface area contributed by atoms with Gasteiger partial charge in [0, 0.05) is 41.8 Å². The minimum absolute atomic E-state index is 0.0194. The van der Waals surface area contributed by atoms with Crippen molar-refractivity contribution < 1.29 is 18.3 Å². The van der Waals surface area contributed by atoms with Gasteiger partial charge in [-0.15, -0.1) is 5.10 Å². The number of hydrogen-bond donors (Lipinski definition) is 0. The third kappa shape index (κ3) is 4.41. The molecule has 0 unspecified atom stereocenters. The van der Waals surface area contributed by atoms with E-state index in [0.29, 0.717) is 23.7 Å². The number of methoxy groups -OCH3 is 2. The highest BCUT2D eigenvalue weighted by atomic mass is 19.3. The van der Waals surface area contributed by atoms with Crippen LogP contribution in [0, 0.1) is 6.92 Å². The summed E-state index contributed by atoms with van der Waals surface area (Å²) in [7, 11) is 3.00. The van der Waals surface area contributed by atoms with Gasteiger partial charge in [0.2, 0.25) is 5.88 Å². The Kier molecular flexibility index (Phi) is 6.07. The fourth-order valence-electron chi connectivity index (χ4n) is 3.33. The fourth-order valence-corrected chi connectivity index (χ4v) is 3.33. The second-order valence-corrected chi connectivity index (χ2v) is 7.12. The standard InChI is InChI=1S/C23H21F2N5O2/c1-14-18(10-20(29-28-14)19-11-26-23(32-3)27-22(19)31-2)17-8-9-30(13-17)12-15-4-6-16(7-5-15)21(24)25/h4-11,13,21H,12H2,1-3H3. The van der Waals surface area contributed by atoms with Gasteiger partial charge in [-0.2, -0.15) is 10.1 Å². The zero-order valence-corrected chi connectivity index (χ0v) is 17.8. The minimum atomic E-state index is -2.46. The van der Waals surface area contributed by atoms with Crippen LogP contribution in [0.15, 0.2) is 55.0 Å². The van der Waals surface area contributed by atoms with Gasteiger partial charge in [-0.3, -0.25) is 0 Å². The van der Waals surface area contributed by atoms with E-state index in [0.717, 1.165) is 22.4 Å². The van der Waals surface area contributed by atoms with E-state index in [1.54, 1.807) is 18.3 Å². The highest BCUT2D eigenvalue weighted by molar-refractivity contribution is 5.73. The van der Waals surface area contributed by atoms with Crippen LogP contribution in [0.5, 0.6) is 11.9 Å². The number of aromatic nitrogens is 5. The molecule has 0 aliphatic heterocycles. The van der Waals surface area contributed by atoms with E-state index in [1.807, 2.05) is 36.0 Å². The van der Waals surface area contributed by atoms with Crippen molar-refractivity contribution in [3.05, 3.63) is 71.8 Å². The predicted molar refractivity (Wildman–Crippen MR) is 115 cm³/mol. The van der Waals surface area contributed by atoms with Gasteiger partial charge >= 0.3 is 6.01 Å². The Balaban J connectivity index is 1.62. The number of rotatable bonds is 7. The molecule has 0 atom stereocenters. The molecule has 1 aromatic carbocycles. The highest BCUT2D eigenvalue weighted by Gasteiger charge is 2.15. The van der Waals surface area contributed by atoms with Crippen molar-refractivity contribution in [3.63, 3.8) is 0 Å². The lowest BCUT2D eigenvalue weighted by Gasteiger charge is -2.09. The summed E-state index contributed by atoms with van der Waals surface area (Å²) in [6.45, 7) is 2.45. The number of benzene rings is 1. The number of alkyl halides is 2. The minimum Gasteiger partial charge on any atom is -0.480 e. The fraction of sp³-hybridized carbons (Fsp3) is 0.217. The molecule has 0 amide bonds. The number of halogens is 2. The summed E-state index contributed by atoms with van der Waals surface area (Å²) in [5, 5.41) is 8.57. The lowest BCUT2D eigenvalue weighted by Crippen LogP contribution is -2.00. The molecule has 0 bridgehead atoms. The van der Waals surface area contributed by atoms with E-state index in [-0.39, 0.29) is 11.6 Å². The molecule has 0 aliphatic rings. The maximum atomic E-state index is 12.8. The molecule has 4 aromatic rings. The summed E-state index contributed by atoms with van der Waals surface area (Å²) in [6, 6.07) is 10.4. The van der Waals surface area contributed by atoms with Gasteiger partial charge in [-0.1, -0.05) is 24.3 Å². The lowest BCUT2D eigenvalue weighted by molar-refractivity contribution is 0.151. The smallest absolute Gasteiger partial charge is 0.319 e. The summed E-state index contributed by atoms with van der Waals surface area (Å²) in [6.07, 6.45) is 3.04. The molecule has 3 heterocycles. The van der Waals surface area contributed by atoms with Crippen molar-refractivity contribution in [2.24, 2.45) is 0 Å². The van der Waals surface area contributed by atoms with Gasteiger partial charge in [-0.25, -0.2) is 13.8 Å². The summed E-state index contributed by atoms with van der Waals surface area (Å²) < 4.78 is 37.9. The second-order valence-electron chi connectivity index (χ2n) is 7.12. The Bertz CT molecular complexity index is 1230. The van der Waals surface area contributed by atoms with Gasteiger partial charge in [0.05, 0.1) is 25.5 Å². The van der Waals surface area contributed by atoms with Crippen LogP contribution >= 0.6 is 0 Å². The molecule has 0 fully saturated rings. The number of aryl methyl sites for hydroxylation is 1. The van der Waals surface area contributed by atoms with Gasteiger partial charge in [0.1, 0.15) is 5.69 Å². The SMILES string of the molecule is COc1ncc(-c2cc(-c3ccn(Cc4ccc(C(F)F)cc4)c3)c(C)nn2)c(OC)n1. The first-order valence-corrected chi connectivity index (χ1v) is 9.81. The van der Waals surface area contributed by atoms with E-state index in [1.165, 1.54) is 26.4 Å². The molecule has 0 spiro atoms.